The predicted molar refractivity (Wildman–Crippen MR) is 92.9 cm³/mol. The number of aromatic hydroxyl groups is 2. The third-order valence-corrected chi connectivity index (χ3v) is 4.01. The number of aromatic nitrogens is 1. The van der Waals surface area contributed by atoms with Gasteiger partial charge in [-0.25, -0.2) is 9.18 Å². The van der Waals surface area contributed by atoms with Gasteiger partial charge in [-0.15, -0.1) is 0 Å². The highest BCUT2D eigenvalue weighted by Gasteiger charge is 2.33. The number of esters is 1. The lowest BCUT2D eigenvalue weighted by molar-refractivity contribution is 0.0519. The van der Waals surface area contributed by atoms with E-state index in [4.69, 9.17) is 16.3 Å². The maximum Gasteiger partial charge on any atom is 0.347 e. The molecule has 1 aromatic carbocycles. The third kappa shape index (κ3) is 3.74. The molecule has 0 spiro atoms. The molecular weight excluding hydrogens is 349 g/mol. The highest BCUT2D eigenvalue weighted by molar-refractivity contribution is 6.30. The molecule has 25 heavy (non-hydrogen) atoms. The fourth-order valence-corrected chi connectivity index (χ4v) is 2.92. The fourth-order valence-electron chi connectivity index (χ4n) is 2.72. The second kappa shape index (κ2) is 6.96. The van der Waals surface area contributed by atoms with Crippen molar-refractivity contribution in [3.05, 3.63) is 45.9 Å². The Morgan fingerprint density at radius 3 is 2.48 bits per heavy atom. The molecule has 0 radical (unpaired) electrons. The zero-order valence-corrected chi connectivity index (χ0v) is 15.3. The monoisotopic (exact) mass is 369 g/mol. The number of hydrogen-bond donors (Lipinski definition) is 2. The van der Waals surface area contributed by atoms with Gasteiger partial charge in [0.05, 0.1) is 23.9 Å². The summed E-state index contributed by atoms with van der Waals surface area (Å²) in [6.07, 6.45) is 0. The quantitative estimate of drug-likeness (QED) is 0.792. The first-order valence-electron chi connectivity index (χ1n) is 7.83. The third-order valence-electron chi connectivity index (χ3n) is 3.72. The molecule has 0 atom stereocenters. The second-order valence-corrected chi connectivity index (χ2v) is 7.11. The summed E-state index contributed by atoms with van der Waals surface area (Å²) in [5.41, 5.74) is 0.127. The van der Waals surface area contributed by atoms with Crippen LogP contribution in [0.4, 0.5) is 4.39 Å². The smallest absolute Gasteiger partial charge is 0.347 e. The summed E-state index contributed by atoms with van der Waals surface area (Å²) >= 11 is 5.81. The zero-order chi connectivity index (χ0) is 18.9. The first kappa shape index (κ1) is 19.1. The lowest BCUT2D eigenvalue weighted by Crippen LogP contribution is -2.18. The molecule has 0 amide bonds. The van der Waals surface area contributed by atoms with Crippen LogP contribution in [0, 0.1) is 5.82 Å². The standard InChI is InChI=1S/C18H21ClFNO4/c1-5-25-17(24)13-14(22)15(18(2,3)4)21(16(13)23)9-10-6-7-12(20)11(19)8-10/h6-8,22-23H,5,9H2,1-4H3. The van der Waals surface area contributed by atoms with Crippen LogP contribution in [0.3, 0.4) is 0 Å². The Bertz CT molecular complexity index is 808. The summed E-state index contributed by atoms with van der Waals surface area (Å²) in [5, 5.41) is 21.0. The van der Waals surface area contributed by atoms with Crippen molar-refractivity contribution in [1.29, 1.82) is 0 Å². The molecule has 1 aromatic heterocycles. The minimum atomic E-state index is -0.807. The Hall–Kier alpha value is -2.21. The van der Waals surface area contributed by atoms with Crippen LogP contribution in [0.15, 0.2) is 18.2 Å². The highest BCUT2D eigenvalue weighted by Crippen LogP contribution is 2.42. The van der Waals surface area contributed by atoms with Crippen LogP contribution in [0.2, 0.25) is 5.02 Å². The van der Waals surface area contributed by atoms with Crippen LogP contribution in [-0.4, -0.2) is 27.4 Å². The lowest BCUT2D eigenvalue weighted by atomic mass is 9.91. The van der Waals surface area contributed by atoms with E-state index in [9.17, 15) is 19.4 Å². The average molecular weight is 370 g/mol. The van der Waals surface area contributed by atoms with E-state index in [-0.39, 0.29) is 29.5 Å². The van der Waals surface area contributed by atoms with E-state index in [1.54, 1.807) is 6.92 Å². The summed E-state index contributed by atoms with van der Waals surface area (Å²) in [7, 11) is 0. The van der Waals surface area contributed by atoms with Gasteiger partial charge in [-0.1, -0.05) is 38.4 Å². The molecule has 7 heteroatoms. The van der Waals surface area contributed by atoms with Crippen molar-refractivity contribution in [3.63, 3.8) is 0 Å². The highest BCUT2D eigenvalue weighted by atomic mass is 35.5. The maximum absolute atomic E-state index is 13.4. The molecule has 0 aliphatic heterocycles. The first-order valence-corrected chi connectivity index (χ1v) is 8.21. The van der Waals surface area contributed by atoms with E-state index in [0.717, 1.165) is 0 Å². The van der Waals surface area contributed by atoms with E-state index in [0.29, 0.717) is 11.3 Å². The molecule has 1 heterocycles. The molecule has 0 bridgehead atoms. The van der Waals surface area contributed by atoms with Crippen LogP contribution in [0.1, 0.15) is 49.3 Å². The van der Waals surface area contributed by atoms with Crippen LogP contribution in [0.5, 0.6) is 11.6 Å². The molecule has 0 saturated heterocycles. The Morgan fingerprint density at radius 1 is 1.32 bits per heavy atom. The normalized spacial score (nSPS) is 11.6. The van der Waals surface area contributed by atoms with Crippen LogP contribution in [-0.2, 0) is 16.7 Å². The van der Waals surface area contributed by atoms with Crippen molar-refractivity contribution < 1.29 is 24.1 Å². The SMILES string of the molecule is CCOC(=O)c1c(O)c(C(C)(C)C)n(Cc2ccc(F)c(Cl)c2)c1O. The molecule has 0 aliphatic carbocycles. The van der Waals surface area contributed by atoms with E-state index in [1.165, 1.54) is 22.8 Å². The molecule has 136 valence electrons. The Labute approximate surface area is 150 Å². The number of hydrogen-bond acceptors (Lipinski definition) is 4. The number of carbonyl (C=O) groups is 1. The Kier molecular flexibility index (Phi) is 5.32. The molecule has 5 nitrogen and oxygen atoms in total. The van der Waals surface area contributed by atoms with Gasteiger partial charge < -0.3 is 19.5 Å². The van der Waals surface area contributed by atoms with Crippen molar-refractivity contribution in [2.75, 3.05) is 6.61 Å². The van der Waals surface area contributed by atoms with Crippen LogP contribution >= 0.6 is 11.6 Å². The Balaban J connectivity index is 2.60. The molecular formula is C18H21ClFNO4. The largest absolute Gasteiger partial charge is 0.505 e. The van der Waals surface area contributed by atoms with Gasteiger partial charge in [-0.05, 0) is 24.6 Å². The number of benzene rings is 1. The van der Waals surface area contributed by atoms with Gasteiger partial charge >= 0.3 is 5.97 Å². The van der Waals surface area contributed by atoms with Gasteiger partial charge in [-0.3, -0.25) is 0 Å². The summed E-state index contributed by atoms with van der Waals surface area (Å²) in [6, 6.07) is 4.18. The van der Waals surface area contributed by atoms with Gasteiger partial charge in [0.25, 0.3) is 0 Å². The maximum atomic E-state index is 13.4. The topological polar surface area (TPSA) is 71.7 Å². The van der Waals surface area contributed by atoms with Crippen molar-refractivity contribution in [2.24, 2.45) is 0 Å². The molecule has 2 rings (SSSR count). The number of ether oxygens (including phenoxy) is 1. The predicted octanol–water partition coefficient (Wildman–Crippen LogP) is 4.21. The van der Waals surface area contributed by atoms with Gasteiger partial charge in [0.15, 0.2) is 11.3 Å². The molecule has 0 unspecified atom stereocenters. The van der Waals surface area contributed by atoms with E-state index in [1.807, 2.05) is 20.8 Å². The number of carbonyl (C=O) groups excluding carboxylic acids is 1. The Morgan fingerprint density at radius 2 is 1.96 bits per heavy atom. The number of halogens is 2. The minimum Gasteiger partial charge on any atom is -0.505 e. The van der Waals surface area contributed by atoms with Gasteiger partial charge in [0.1, 0.15) is 5.82 Å². The molecule has 0 aliphatic rings. The molecule has 2 aromatic rings. The first-order chi connectivity index (χ1) is 11.6. The van der Waals surface area contributed by atoms with Crippen molar-refractivity contribution in [1.82, 2.24) is 4.57 Å². The summed E-state index contributed by atoms with van der Waals surface area (Å²) in [6.45, 7) is 7.36. The lowest BCUT2D eigenvalue weighted by Gasteiger charge is -2.22. The zero-order valence-electron chi connectivity index (χ0n) is 14.6. The van der Waals surface area contributed by atoms with Crippen LogP contribution in [0.25, 0.3) is 0 Å². The van der Waals surface area contributed by atoms with Gasteiger partial charge in [0, 0.05) is 5.41 Å². The summed E-state index contributed by atoms with van der Waals surface area (Å²) < 4.78 is 19.7. The average Bonchev–Trinajstić information content (AvgIpc) is 2.74. The van der Waals surface area contributed by atoms with E-state index >= 15 is 0 Å². The number of nitrogens with zero attached hydrogens (tertiary/aromatic N) is 1. The molecule has 0 fully saturated rings. The second-order valence-electron chi connectivity index (χ2n) is 6.70. The van der Waals surface area contributed by atoms with Crippen molar-refractivity contribution in [3.8, 4) is 11.6 Å². The number of rotatable bonds is 4. The summed E-state index contributed by atoms with van der Waals surface area (Å²) in [5.74, 6) is -2.08. The van der Waals surface area contributed by atoms with E-state index in [2.05, 4.69) is 0 Å². The van der Waals surface area contributed by atoms with Crippen molar-refractivity contribution in [2.45, 2.75) is 39.7 Å². The summed E-state index contributed by atoms with van der Waals surface area (Å²) in [4.78, 5) is 12.1. The van der Waals surface area contributed by atoms with E-state index < -0.39 is 23.1 Å². The van der Waals surface area contributed by atoms with Gasteiger partial charge in [0.2, 0.25) is 5.88 Å². The fraction of sp³-hybridized carbons (Fsp3) is 0.389. The molecule has 2 N–H and O–H groups in total. The van der Waals surface area contributed by atoms with Crippen molar-refractivity contribution >= 4 is 17.6 Å². The van der Waals surface area contributed by atoms with Gasteiger partial charge in [-0.2, -0.15) is 0 Å². The van der Waals surface area contributed by atoms with Crippen LogP contribution < -0.4 is 0 Å². The molecule has 0 saturated carbocycles. The minimum absolute atomic E-state index is 0.0451.